The number of nitrogens with zero attached hydrogens (tertiary/aromatic N) is 1. The Morgan fingerprint density at radius 1 is 1.17 bits per heavy atom. The van der Waals surface area contributed by atoms with Crippen LogP contribution >= 0.6 is 22.9 Å². The van der Waals surface area contributed by atoms with Crippen LogP contribution in [-0.4, -0.2) is 30.6 Å². The van der Waals surface area contributed by atoms with E-state index in [1.807, 2.05) is 39.2 Å². The first-order valence-electron chi connectivity index (χ1n) is 7.98. The Kier molecular flexibility index (Phi) is 6.60. The van der Waals surface area contributed by atoms with Gasteiger partial charge in [-0.15, -0.1) is 0 Å². The molecule has 0 aliphatic heterocycles. The Morgan fingerprint density at radius 2 is 1.83 bits per heavy atom. The molecule has 24 heavy (non-hydrogen) atoms. The second-order valence-corrected chi connectivity index (χ2v) is 6.94. The third-order valence-corrected chi connectivity index (χ3v) is 4.87. The summed E-state index contributed by atoms with van der Waals surface area (Å²) in [6.45, 7) is 2.88. The van der Waals surface area contributed by atoms with Gasteiger partial charge in [-0.05, 0) is 81.4 Å². The Hall–Kier alpha value is -1.18. The highest BCUT2D eigenvalue weighted by atomic mass is 127. The highest BCUT2D eigenvalue weighted by molar-refractivity contribution is 14.1. The number of aliphatic hydroxyl groups is 1. The molecule has 2 N–H and O–H groups in total. The molecule has 130 valence electrons. The first-order valence-corrected chi connectivity index (χ1v) is 9.05. The lowest BCUT2D eigenvalue weighted by molar-refractivity contribution is 0.0658. The van der Waals surface area contributed by atoms with Gasteiger partial charge in [-0.1, -0.05) is 18.2 Å². The average molecular weight is 442 g/mol. The van der Waals surface area contributed by atoms with Crippen LogP contribution in [0, 0.1) is 12.7 Å². The van der Waals surface area contributed by atoms with E-state index in [1.165, 1.54) is 12.1 Å². The molecule has 0 saturated carbocycles. The molecule has 3 nitrogen and oxygen atoms in total. The second-order valence-electron chi connectivity index (χ2n) is 6.40. The lowest BCUT2D eigenvalue weighted by atomic mass is 9.80. The van der Waals surface area contributed by atoms with Crippen LogP contribution in [0.5, 0.6) is 0 Å². The molecule has 0 saturated heterocycles. The molecule has 0 aliphatic carbocycles. The molecule has 0 bridgehead atoms. The molecular formula is C19H24FIN2O. The molecule has 0 amide bonds. The second kappa shape index (κ2) is 8.27. The Morgan fingerprint density at radius 3 is 2.38 bits per heavy atom. The zero-order chi connectivity index (χ0) is 17.7. The molecule has 0 radical (unpaired) electrons. The summed E-state index contributed by atoms with van der Waals surface area (Å²) in [5.41, 5.74) is 2.46. The van der Waals surface area contributed by atoms with Gasteiger partial charge in [-0.3, -0.25) is 0 Å². The van der Waals surface area contributed by atoms with E-state index in [-0.39, 0.29) is 5.82 Å². The average Bonchev–Trinajstić information content (AvgIpc) is 2.54. The van der Waals surface area contributed by atoms with Crippen molar-refractivity contribution < 1.29 is 9.50 Å². The van der Waals surface area contributed by atoms with Crippen molar-refractivity contribution in [1.29, 1.82) is 0 Å². The van der Waals surface area contributed by atoms with Crippen molar-refractivity contribution in [1.82, 2.24) is 4.90 Å². The van der Waals surface area contributed by atoms with Crippen LogP contribution in [-0.2, 0) is 5.60 Å². The molecule has 0 spiro atoms. The van der Waals surface area contributed by atoms with E-state index < -0.39 is 5.60 Å². The molecule has 0 fully saturated rings. The summed E-state index contributed by atoms with van der Waals surface area (Å²) >= 11 is 2.09. The standard InChI is InChI=1S/C19H24FIN2O/c1-14-13-17(22-21)9-10-18(14)19(24,11-4-12-23(2)3)15-5-7-16(20)8-6-15/h5-10,13,22,24H,4,11-12H2,1-3H3. The van der Waals surface area contributed by atoms with E-state index in [4.69, 9.17) is 0 Å². The summed E-state index contributed by atoms with van der Waals surface area (Å²) in [7, 11) is 4.03. The summed E-state index contributed by atoms with van der Waals surface area (Å²) < 4.78 is 16.4. The molecule has 2 rings (SSSR count). The van der Waals surface area contributed by atoms with Gasteiger partial charge in [0.1, 0.15) is 11.4 Å². The van der Waals surface area contributed by atoms with E-state index in [0.717, 1.165) is 35.3 Å². The van der Waals surface area contributed by atoms with E-state index in [2.05, 4.69) is 31.3 Å². The zero-order valence-electron chi connectivity index (χ0n) is 14.3. The summed E-state index contributed by atoms with van der Waals surface area (Å²) in [6.07, 6.45) is 1.42. The number of rotatable bonds is 7. The lowest BCUT2D eigenvalue weighted by Gasteiger charge is -2.31. The maximum Gasteiger partial charge on any atom is 0.123 e. The highest BCUT2D eigenvalue weighted by Crippen LogP contribution is 2.37. The molecule has 5 heteroatoms. The van der Waals surface area contributed by atoms with Crippen molar-refractivity contribution in [2.45, 2.75) is 25.4 Å². The summed E-state index contributed by atoms with van der Waals surface area (Å²) in [4.78, 5) is 2.10. The Labute approximate surface area is 157 Å². The van der Waals surface area contributed by atoms with Crippen molar-refractivity contribution in [2.24, 2.45) is 0 Å². The van der Waals surface area contributed by atoms with Crippen LogP contribution in [0.3, 0.4) is 0 Å². The van der Waals surface area contributed by atoms with Crippen molar-refractivity contribution in [3.05, 3.63) is 65.0 Å². The van der Waals surface area contributed by atoms with Crippen molar-refractivity contribution in [2.75, 3.05) is 24.2 Å². The van der Waals surface area contributed by atoms with Crippen LogP contribution in [0.2, 0.25) is 0 Å². The van der Waals surface area contributed by atoms with Gasteiger partial charge in [0.2, 0.25) is 0 Å². The van der Waals surface area contributed by atoms with Gasteiger partial charge in [0, 0.05) is 5.69 Å². The fraction of sp³-hybridized carbons (Fsp3) is 0.368. The quantitative estimate of drug-likeness (QED) is 0.491. The van der Waals surface area contributed by atoms with Crippen LogP contribution in [0.25, 0.3) is 0 Å². The lowest BCUT2D eigenvalue weighted by Crippen LogP contribution is -2.30. The predicted molar refractivity (Wildman–Crippen MR) is 106 cm³/mol. The molecule has 0 heterocycles. The molecule has 1 unspecified atom stereocenters. The molecule has 1 atom stereocenters. The normalized spacial score (nSPS) is 13.8. The van der Waals surface area contributed by atoms with Gasteiger partial charge in [-0.25, -0.2) is 4.39 Å². The molecule has 0 aliphatic rings. The molecule has 2 aromatic carbocycles. The summed E-state index contributed by atoms with van der Waals surface area (Å²) in [5.74, 6) is -0.296. The summed E-state index contributed by atoms with van der Waals surface area (Å²) in [6, 6.07) is 12.1. The minimum absolute atomic E-state index is 0.296. The monoisotopic (exact) mass is 442 g/mol. The molecule has 2 aromatic rings. The number of halogens is 2. The third kappa shape index (κ3) is 4.46. The van der Waals surface area contributed by atoms with E-state index in [9.17, 15) is 9.50 Å². The van der Waals surface area contributed by atoms with Gasteiger partial charge in [0.05, 0.1) is 22.9 Å². The van der Waals surface area contributed by atoms with E-state index in [0.29, 0.717) is 6.42 Å². The maximum absolute atomic E-state index is 13.3. The van der Waals surface area contributed by atoms with Gasteiger partial charge in [0.15, 0.2) is 0 Å². The smallest absolute Gasteiger partial charge is 0.123 e. The third-order valence-electron chi connectivity index (χ3n) is 4.25. The number of hydrogen-bond acceptors (Lipinski definition) is 3. The number of benzene rings is 2. The van der Waals surface area contributed by atoms with Crippen LogP contribution in [0.15, 0.2) is 42.5 Å². The van der Waals surface area contributed by atoms with Gasteiger partial charge >= 0.3 is 0 Å². The van der Waals surface area contributed by atoms with Crippen LogP contribution in [0.1, 0.15) is 29.5 Å². The first kappa shape index (κ1) is 19.1. The SMILES string of the molecule is Cc1cc(NI)ccc1C(O)(CCCN(C)C)c1ccc(F)cc1. The Balaban J connectivity index is 2.43. The minimum atomic E-state index is -1.13. The maximum atomic E-state index is 13.3. The number of anilines is 1. The van der Waals surface area contributed by atoms with Crippen molar-refractivity contribution >= 4 is 28.6 Å². The van der Waals surface area contributed by atoms with Crippen LogP contribution in [0.4, 0.5) is 10.1 Å². The van der Waals surface area contributed by atoms with E-state index in [1.54, 1.807) is 12.1 Å². The zero-order valence-corrected chi connectivity index (χ0v) is 16.5. The predicted octanol–water partition coefficient (Wildman–Crippen LogP) is 4.47. The van der Waals surface area contributed by atoms with Gasteiger partial charge in [-0.2, -0.15) is 0 Å². The highest BCUT2D eigenvalue weighted by Gasteiger charge is 2.32. The molecule has 0 aromatic heterocycles. The fourth-order valence-corrected chi connectivity index (χ4v) is 3.33. The largest absolute Gasteiger partial charge is 0.380 e. The van der Waals surface area contributed by atoms with Crippen LogP contribution < -0.4 is 3.53 Å². The first-order chi connectivity index (χ1) is 11.4. The molecular weight excluding hydrogens is 418 g/mol. The number of hydrogen-bond donors (Lipinski definition) is 2. The fourth-order valence-electron chi connectivity index (χ4n) is 3.00. The number of aryl methyl sites for hydroxylation is 1. The summed E-state index contributed by atoms with van der Waals surface area (Å²) in [5, 5.41) is 11.5. The van der Waals surface area contributed by atoms with Gasteiger partial charge < -0.3 is 13.5 Å². The van der Waals surface area contributed by atoms with E-state index >= 15 is 0 Å². The van der Waals surface area contributed by atoms with Crippen molar-refractivity contribution in [3.8, 4) is 0 Å². The van der Waals surface area contributed by atoms with Gasteiger partial charge in [0.25, 0.3) is 0 Å². The Bertz CT molecular complexity index is 676. The topological polar surface area (TPSA) is 35.5 Å². The minimum Gasteiger partial charge on any atom is -0.380 e. The van der Waals surface area contributed by atoms with Crippen molar-refractivity contribution in [3.63, 3.8) is 0 Å². The number of nitrogens with one attached hydrogen (secondary N) is 1.